The summed E-state index contributed by atoms with van der Waals surface area (Å²) < 4.78 is 0. The van der Waals surface area contributed by atoms with Gasteiger partial charge < -0.3 is 5.32 Å². The van der Waals surface area contributed by atoms with Crippen molar-refractivity contribution >= 4 is 16.6 Å². The van der Waals surface area contributed by atoms with Gasteiger partial charge in [-0.15, -0.1) is 0 Å². The second-order valence-electron chi connectivity index (χ2n) is 7.23. The standard InChI is InChI=1S/C26H25N3/c1-4-6-19-7-9-20(10-8-19)21-11-13-22(14-12-21)25-18(3)26(28-5-2)23-17-27-16-15-24(23)29-25/h5,7-17H,2,4,6H2,1,3H3,(H,28,29). The fourth-order valence-corrected chi connectivity index (χ4v) is 3.74. The van der Waals surface area contributed by atoms with Crippen LogP contribution in [0.1, 0.15) is 24.5 Å². The molecule has 0 atom stereocenters. The van der Waals surface area contributed by atoms with E-state index in [-0.39, 0.29) is 0 Å². The number of nitrogens with one attached hydrogen (secondary N) is 1. The molecule has 0 saturated heterocycles. The molecular formula is C26H25N3. The molecule has 2 aromatic heterocycles. The fourth-order valence-electron chi connectivity index (χ4n) is 3.74. The topological polar surface area (TPSA) is 37.8 Å². The third kappa shape index (κ3) is 3.77. The van der Waals surface area contributed by atoms with Crippen molar-refractivity contribution in [2.24, 2.45) is 0 Å². The zero-order chi connectivity index (χ0) is 20.2. The lowest BCUT2D eigenvalue weighted by Crippen LogP contribution is -1.98. The number of hydrogen-bond donors (Lipinski definition) is 1. The van der Waals surface area contributed by atoms with Crippen LogP contribution >= 0.6 is 0 Å². The summed E-state index contributed by atoms with van der Waals surface area (Å²) in [6, 6.07) is 19.4. The van der Waals surface area contributed by atoms with E-state index in [1.54, 1.807) is 12.4 Å². The lowest BCUT2D eigenvalue weighted by molar-refractivity contribution is 0.922. The molecule has 0 unspecified atom stereocenters. The van der Waals surface area contributed by atoms with E-state index in [0.717, 1.165) is 39.8 Å². The molecule has 0 spiro atoms. The molecule has 0 bridgehead atoms. The van der Waals surface area contributed by atoms with Crippen molar-refractivity contribution in [3.63, 3.8) is 0 Å². The molecule has 3 heteroatoms. The Hall–Kier alpha value is -3.46. The zero-order valence-corrected chi connectivity index (χ0v) is 16.9. The summed E-state index contributed by atoms with van der Waals surface area (Å²) in [5.41, 5.74) is 8.91. The molecule has 4 rings (SSSR count). The third-order valence-electron chi connectivity index (χ3n) is 5.26. The normalized spacial score (nSPS) is 10.8. The van der Waals surface area contributed by atoms with Crippen LogP contribution in [0, 0.1) is 6.92 Å². The van der Waals surface area contributed by atoms with Crippen LogP contribution in [0.2, 0.25) is 0 Å². The summed E-state index contributed by atoms with van der Waals surface area (Å²) in [5.74, 6) is 0. The highest BCUT2D eigenvalue weighted by Gasteiger charge is 2.13. The van der Waals surface area contributed by atoms with Crippen LogP contribution in [0.3, 0.4) is 0 Å². The first-order chi connectivity index (χ1) is 14.2. The number of aryl methyl sites for hydroxylation is 1. The van der Waals surface area contributed by atoms with Crippen LogP contribution in [-0.2, 0) is 6.42 Å². The molecule has 3 nitrogen and oxygen atoms in total. The summed E-state index contributed by atoms with van der Waals surface area (Å²) in [5, 5.41) is 4.26. The molecule has 0 aliphatic carbocycles. The maximum atomic E-state index is 4.91. The van der Waals surface area contributed by atoms with E-state index in [1.807, 2.05) is 12.3 Å². The van der Waals surface area contributed by atoms with Crippen molar-refractivity contribution < 1.29 is 0 Å². The molecule has 2 aromatic carbocycles. The van der Waals surface area contributed by atoms with Crippen molar-refractivity contribution in [2.75, 3.05) is 5.32 Å². The Morgan fingerprint density at radius 2 is 1.59 bits per heavy atom. The Morgan fingerprint density at radius 1 is 0.931 bits per heavy atom. The highest BCUT2D eigenvalue weighted by atomic mass is 14.9. The van der Waals surface area contributed by atoms with Crippen molar-refractivity contribution in [3.05, 3.63) is 90.9 Å². The molecule has 0 aliphatic rings. The summed E-state index contributed by atoms with van der Waals surface area (Å²) in [6.45, 7) is 8.11. The average Bonchev–Trinajstić information content (AvgIpc) is 2.76. The maximum Gasteiger partial charge on any atom is 0.0761 e. The maximum absolute atomic E-state index is 4.91. The molecule has 2 heterocycles. The van der Waals surface area contributed by atoms with Crippen molar-refractivity contribution in [1.82, 2.24) is 9.97 Å². The number of hydrogen-bond acceptors (Lipinski definition) is 3. The Bertz CT molecular complexity index is 1140. The van der Waals surface area contributed by atoms with Gasteiger partial charge in [-0.3, -0.25) is 4.98 Å². The highest BCUT2D eigenvalue weighted by molar-refractivity contribution is 5.96. The quantitative estimate of drug-likeness (QED) is 0.401. The molecule has 0 aliphatic heterocycles. The number of pyridine rings is 2. The SMILES string of the molecule is C=CNc1c(C)c(-c2ccc(-c3ccc(CCC)cc3)cc2)nc2ccncc12. The summed E-state index contributed by atoms with van der Waals surface area (Å²) in [7, 11) is 0. The number of nitrogens with zero attached hydrogens (tertiary/aromatic N) is 2. The van der Waals surface area contributed by atoms with E-state index in [1.165, 1.54) is 23.1 Å². The van der Waals surface area contributed by atoms with Gasteiger partial charge in [-0.2, -0.15) is 0 Å². The summed E-state index contributed by atoms with van der Waals surface area (Å²) in [6.07, 6.45) is 7.62. The molecule has 1 N–H and O–H groups in total. The molecule has 0 saturated carbocycles. The highest BCUT2D eigenvalue weighted by Crippen LogP contribution is 2.34. The van der Waals surface area contributed by atoms with E-state index in [4.69, 9.17) is 4.98 Å². The molecule has 0 amide bonds. The molecule has 29 heavy (non-hydrogen) atoms. The predicted molar refractivity (Wildman–Crippen MR) is 123 cm³/mol. The minimum Gasteiger partial charge on any atom is -0.361 e. The summed E-state index contributed by atoms with van der Waals surface area (Å²) >= 11 is 0. The van der Waals surface area contributed by atoms with E-state index in [9.17, 15) is 0 Å². The Kier molecular flexibility index (Phi) is 5.39. The number of rotatable bonds is 6. The number of benzene rings is 2. The second kappa shape index (κ2) is 8.27. The smallest absolute Gasteiger partial charge is 0.0761 e. The first-order valence-electron chi connectivity index (χ1n) is 10.0. The number of fused-ring (bicyclic) bond motifs is 1. The van der Waals surface area contributed by atoms with Gasteiger partial charge in [0.15, 0.2) is 0 Å². The fraction of sp³-hybridized carbons (Fsp3) is 0.154. The monoisotopic (exact) mass is 379 g/mol. The van der Waals surface area contributed by atoms with Gasteiger partial charge in [0.25, 0.3) is 0 Å². The minimum atomic E-state index is 0.917. The Balaban J connectivity index is 1.73. The lowest BCUT2D eigenvalue weighted by Gasteiger charge is -2.14. The first-order valence-corrected chi connectivity index (χ1v) is 10.0. The largest absolute Gasteiger partial charge is 0.361 e. The van der Waals surface area contributed by atoms with Crippen molar-refractivity contribution in [3.8, 4) is 22.4 Å². The Morgan fingerprint density at radius 3 is 2.24 bits per heavy atom. The van der Waals surface area contributed by atoms with Gasteiger partial charge in [-0.05, 0) is 47.9 Å². The van der Waals surface area contributed by atoms with Crippen LogP contribution in [0.25, 0.3) is 33.3 Å². The molecule has 144 valence electrons. The van der Waals surface area contributed by atoms with Crippen LogP contribution in [0.5, 0.6) is 0 Å². The van der Waals surface area contributed by atoms with Crippen LogP contribution in [-0.4, -0.2) is 9.97 Å². The van der Waals surface area contributed by atoms with Gasteiger partial charge in [0.1, 0.15) is 0 Å². The third-order valence-corrected chi connectivity index (χ3v) is 5.26. The lowest BCUT2D eigenvalue weighted by atomic mass is 9.98. The van der Waals surface area contributed by atoms with Gasteiger partial charge in [0.2, 0.25) is 0 Å². The predicted octanol–water partition coefficient (Wildman–Crippen LogP) is 6.78. The van der Waals surface area contributed by atoms with Crippen molar-refractivity contribution in [2.45, 2.75) is 26.7 Å². The molecule has 0 fully saturated rings. The van der Waals surface area contributed by atoms with Crippen molar-refractivity contribution in [1.29, 1.82) is 0 Å². The first kappa shape index (κ1) is 18.9. The number of anilines is 1. The van der Waals surface area contributed by atoms with Gasteiger partial charge in [0, 0.05) is 23.3 Å². The number of aromatic nitrogens is 2. The van der Waals surface area contributed by atoms with E-state index in [0.29, 0.717) is 0 Å². The van der Waals surface area contributed by atoms with Gasteiger partial charge in [0.05, 0.1) is 16.9 Å². The van der Waals surface area contributed by atoms with Crippen LogP contribution in [0.15, 0.2) is 79.8 Å². The minimum absolute atomic E-state index is 0.917. The molecular weight excluding hydrogens is 354 g/mol. The Labute approximate surface area is 172 Å². The van der Waals surface area contributed by atoms with Crippen LogP contribution in [0.4, 0.5) is 5.69 Å². The van der Waals surface area contributed by atoms with E-state index in [2.05, 4.69) is 79.3 Å². The summed E-state index contributed by atoms with van der Waals surface area (Å²) in [4.78, 5) is 9.16. The van der Waals surface area contributed by atoms with E-state index < -0.39 is 0 Å². The van der Waals surface area contributed by atoms with Crippen LogP contribution < -0.4 is 5.32 Å². The average molecular weight is 380 g/mol. The molecule has 0 radical (unpaired) electrons. The van der Waals surface area contributed by atoms with Gasteiger partial charge in [-0.25, -0.2) is 4.98 Å². The second-order valence-corrected chi connectivity index (χ2v) is 7.23. The van der Waals surface area contributed by atoms with Gasteiger partial charge >= 0.3 is 0 Å². The van der Waals surface area contributed by atoms with Gasteiger partial charge in [-0.1, -0.05) is 68.5 Å². The van der Waals surface area contributed by atoms with E-state index >= 15 is 0 Å². The zero-order valence-electron chi connectivity index (χ0n) is 16.9. The molecule has 4 aromatic rings.